The molecule has 3 aromatic rings. The van der Waals surface area contributed by atoms with Gasteiger partial charge in [-0.2, -0.15) is 4.98 Å². The summed E-state index contributed by atoms with van der Waals surface area (Å²) in [5, 5.41) is 3.33. The third-order valence-corrected chi connectivity index (χ3v) is 5.00. The molecule has 4 rings (SSSR count). The summed E-state index contributed by atoms with van der Waals surface area (Å²) in [5.41, 5.74) is 8.80. The maximum atomic E-state index is 5.94. The molecule has 3 heterocycles. The molecule has 2 aromatic heterocycles. The van der Waals surface area contributed by atoms with Crippen molar-refractivity contribution >= 4 is 17.6 Å². The quantitative estimate of drug-likeness (QED) is 0.618. The van der Waals surface area contributed by atoms with Crippen LogP contribution in [0.1, 0.15) is 5.56 Å². The number of rotatable bonds is 7. The number of hydrogen-bond acceptors (Lipinski definition) is 8. The zero-order valence-electron chi connectivity index (χ0n) is 17.0. The van der Waals surface area contributed by atoms with Gasteiger partial charge >= 0.3 is 0 Å². The first-order valence-electron chi connectivity index (χ1n) is 10.0. The Hall–Kier alpha value is -3.39. The fourth-order valence-electron chi connectivity index (χ4n) is 3.35. The smallest absolute Gasteiger partial charge is 0.222 e. The molecule has 1 saturated heterocycles. The molecule has 8 heteroatoms. The van der Waals surface area contributed by atoms with Crippen LogP contribution in [0.2, 0.25) is 0 Å². The molecule has 0 atom stereocenters. The van der Waals surface area contributed by atoms with Crippen molar-refractivity contribution in [2.45, 2.75) is 6.42 Å². The van der Waals surface area contributed by atoms with E-state index in [2.05, 4.69) is 37.3 Å². The Morgan fingerprint density at radius 1 is 1.10 bits per heavy atom. The van der Waals surface area contributed by atoms with Gasteiger partial charge in [-0.05, 0) is 36.2 Å². The van der Waals surface area contributed by atoms with Gasteiger partial charge < -0.3 is 25.4 Å². The zero-order valence-corrected chi connectivity index (χ0v) is 17.0. The van der Waals surface area contributed by atoms with Crippen LogP contribution in [-0.2, 0) is 11.2 Å². The van der Waals surface area contributed by atoms with Crippen molar-refractivity contribution in [2.24, 2.45) is 0 Å². The van der Waals surface area contributed by atoms with Crippen molar-refractivity contribution in [3.8, 4) is 17.0 Å². The summed E-state index contributed by atoms with van der Waals surface area (Å²) in [6.07, 6.45) is 2.69. The highest BCUT2D eigenvalue weighted by atomic mass is 16.5. The first-order chi connectivity index (χ1) is 14.7. The Morgan fingerprint density at radius 2 is 1.90 bits per heavy atom. The minimum Gasteiger partial charge on any atom is -0.497 e. The van der Waals surface area contributed by atoms with Gasteiger partial charge in [0.05, 0.1) is 26.0 Å². The molecule has 8 nitrogen and oxygen atoms in total. The van der Waals surface area contributed by atoms with Gasteiger partial charge in [0.15, 0.2) is 0 Å². The lowest BCUT2D eigenvalue weighted by Crippen LogP contribution is -2.36. The lowest BCUT2D eigenvalue weighted by atomic mass is 10.1. The number of hydrogen-bond donors (Lipinski definition) is 2. The molecular weight excluding hydrogens is 380 g/mol. The predicted octanol–water partition coefficient (Wildman–Crippen LogP) is 2.62. The summed E-state index contributed by atoms with van der Waals surface area (Å²) in [7, 11) is 1.67. The van der Waals surface area contributed by atoms with E-state index < -0.39 is 0 Å². The van der Waals surface area contributed by atoms with Gasteiger partial charge in [0, 0.05) is 37.5 Å². The maximum Gasteiger partial charge on any atom is 0.222 e. The molecule has 1 aliphatic rings. The van der Waals surface area contributed by atoms with E-state index in [4.69, 9.17) is 15.2 Å². The van der Waals surface area contributed by atoms with Crippen molar-refractivity contribution < 1.29 is 9.47 Å². The maximum absolute atomic E-state index is 5.94. The normalized spacial score (nSPS) is 13.8. The van der Waals surface area contributed by atoms with Crippen LogP contribution in [0.25, 0.3) is 11.3 Å². The Kier molecular flexibility index (Phi) is 6.24. The van der Waals surface area contributed by atoms with Crippen LogP contribution < -0.4 is 20.7 Å². The summed E-state index contributed by atoms with van der Waals surface area (Å²) >= 11 is 0. The molecule has 3 N–H and O–H groups in total. The van der Waals surface area contributed by atoms with E-state index in [1.165, 1.54) is 5.56 Å². The topological polar surface area (TPSA) is 98.4 Å². The summed E-state index contributed by atoms with van der Waals surface area (Å²) in [6.45, 7) is 3.91. The van der Waals surface area contributed by atoms with Gasteiger partial charge in [-0.25, -0.2) is 9.97 Å². The largest absolute Gasteiger partial charge is 0.497 e. The first-order valence-corrected chi connectivity index (χ1v) is 10.0. The number of methoxy groups -OCH3 is 1. The second kappa shape index (κ2) is 9.41. The molecule has 1 aliphatic heterocycles. The van der Waals surface area contributed by atoms with Gasteiger partial charge in [0.1, 0.15) is 17.4 Å². The number of nitrogen functional groups attached to an aromatic ring is 1. The lowest BCUT2D eigenvalue weighted by molar-refractivity contribution is 0.122. The molecule has 1 fully saturated rings. The standard InChI is InChI=1S/C22H26N6O2/c1-29-18-5-2-16(3-6-18)8-9-24-20-14-19(26-22(23)27-20)17-4-7-21(25-15-17)28-10-12-30-13-11-28/h2-7,14-15H,8-13H2,1H3,(H3,23,24,26,27). The van der Waals surface area contributed by atoms with Gasteiger partial charge in [-0.1, -0.05) is 12.1 Å². The number of nitrogens with zero attached hydrogens (tertiary/aromatic N) is 4. The molecule has 156 valence electrons. The average Bonchev–Trinajstić information content (AvgIpc) is 2.80. The van der Waals surface area contributed by atoms with Crippen LogP contribution in [0.15, 0.2) is 48.7 Å². The van der Waals surface area contributed by atoms with E-state index in [0.717, 1.165) is 62.1 Å². The number of nitrogens with two attached hydrogens (primary N) is 1. The van der Waals surface area contributed by atoms with E-state index in [-0.39, 0.29) is 5.95 Å². The number of anilines is 3. The molecule has 0 amide bonds. The Morgan fingerprint density at radius 3 is 2.60 bits per heavy atom. The molecule has 0 unspecified atom stereocenters. The molecule has 0 spiro atoms. The van der Waals surface area contributed by atoms with E-state index >= 15 is 0 Å². The Labute approximate surface area is 176 Å². The molecule has 0 aliphatic carbocycles. The monoisotopic (exact) mass is 406 g/mol. The van der Waals surface area contributed by atoms with Gasteiger partial charge in [-0.15, -0.1) is 0 Å². The summed E-state index contributed by atoms with van der Waals surface area (Å²) < 4.78 is 10.6. The van der Waals surface area contributed by atoms with Crippen LogP contribution in [-0.4, -0.2) is 54.9 Å². The van der Waals surface area contributed by atoms with Crippen LogP contribution in [0, 0.1) is 0 Å². The Bertz CT molecular complexity index is 956. The van der Waals surface area contributed by atoms with Crippen LogP contribution >= 0.6 is 0 Å². The molecule has 0 saturated carbocycles. The van der Waals surface area contributed by atoms with Crippen LogP contribution in [0.4, 0.5) is 17.6 Å². The number of aromatic nitrogens is 3. The molecule has 0 radical (unpaired) electrons. The van der Waals surface area contributed by atoms with Gasteiger partial charge in [-0.3, -0.25) is 0 Å². The second-order valence-electron chi connectivity index (χ2n) is 7.03. The third kappa shape index (κ3) is 4.96. The number of nitrogens with one attached hydrogen (secondary N) is 1. The average molecular weight is 406 g/mol. The zero-order chi connectivity index (χ0) is 20.8. The van der Waals surface area contributed by atoms with Crippen molar-refractivity contribution in [2.75, 3.05) is 55.9 Å². The highest BCUT2D eigenvalue weighted by molar-refractivity contribution is 5.64. The minimum absolute atomic E-state index is 0.233. The summed E-state index contributed by atoms with van der Waals surface area (Å²) in [5.74, 6) is 2.73. The van der Waals surface area contributed by atoms with Crippen LogP contribution in [0.5, 0.6) is 5.75 Å². The van der Waals surface area contributed by atoms with E-state index in [1.54, 1.807) is 7.11 Å². The summed E-state index contributed by atoms with van der Waals surface area (Å²) in [6, 6.07) is 14.0. The van der Waals surface area contributed by atoms with Crippen molar-refractivity contribution in [3.63, 3.8) is 0 Å². The summed E-state index contributed by atoms with van der Waals surface area (Å²) in [4.78, 5) is 15.5. The number of pyridine rings is 1. The van der Waals surface area contributed by atoms with E-state index in [9.17, 15) is 0 Å². The molecule has 30 heavy (non-hydrogen) atoms. The first kappa shape index (κ1) is 19.9. The number of ether oxygens (including phenoxy) is 2. The van der Waals surface area contributed by atoms with E-state index in [1.807, 2.05) is 36.5 Å². The van der Waals surface area contributed by atoms with Crippen molar-refractivity contribution in [3.05, 3.63) is 54.2 Å². The molecular formula is C22H26N6O2. The second-order valence-corrected chi connectivity index (χ2v) is 7.03. The number of morpholine rings is 1. The lowest BCUT2D eigenvalue weighted by Gasteiger charge is -2.27. The third-order valence-electron chi connectivity index (χ3n) is 5.00. The molecule has 0 bridgehead atoms. The highest BCUT2D eigenvalue weighted by Crippen LogP contribution is 2.22. The SMILES string of the molecule is COc1ccc(CCNc2cc(-c3ccc(N4CCOCC4)nc3)nc(N)n2)cc1. The fourth-order valence-corrected chi connectivity index (χ4v) is 3.35. The van der Waals surface area contributed by atoms with Crippen molar-refractivity contribution in [1.82, 2.24) is 15.0 Å². The molecule has 1 aromatic carbocycles. The number of benzene rings is 1. The minimum atomic E-state index is 0.233. The Balaban J connectivity index is 1.40. The van der Waals surface area contributed by atoms with Crippen molar-refractivity contribution in [1.29, 1.82) is 0 Å². The fraction of sp³-hybridized carbons (Fsp3) is 0.318. The predicted molar refractivity (Wildman–Crippen MR) is 118 cm³/mol. The van der Waals surface area contributed by atoms with Gasteiger partial charge in [0.25, 0.3) is 0 Å². The van der Waals surface area contributed by atoms with E-state index in [0.29, 0.717) is 5.82 Å². The highest BCUT2D eigenvalue weighted by Gasteiger charge is 2.13. The van der Waals surface area contributed by atoms with Gasteiger partial charge in [0.2, 0.25) is 5.95 Å². The van der Waals surface area contributed by atoms with Crippen LogP contribution in [0.3, 0.4) is 0 Å².